The first-order valence-electron chi connectivity index (χ1n) is 16.2. The van der Waals surface area contributed by atoms with E-state index in [9.17, 15) is 23.1 Å². The number of phenolic OH excluding ortho intramolecular Hbond substituents is 1. The van der Waals surface area contributed by atoms with Gasteiger partial charge in [-0.25, -0.2) is 24.1 Å². The Bertz CT molecular complexity index is 1580. The van der Waals surface area contributed by atoms with Gasteiger partial charge in [0.1, 0.15) is 23.7 Å². The second-order valence-electron chi connectivity index (χ2n) is 11.1. The van der Waals surface area contributed by atoms with Crippen LogP contribution < -0.4 is 15.2 Å². The number of phenols is 1. The van der Waals surface area contributed by atoms with Crippen LogP contribution in [-0.4, -0.2) is 94.4 Å². The van der Waals surface area contributed by atoms with E-state index >= 15 is 4.39 Å². The number of para-hydroxylation sites is 1. The van der Waals surface area contributed by atoms with Crippen LogP contribution in [0.2, 0.25) is 0 Å². The molecule has 4 rings (SSSR count). The third kappa shape index (κ3) is 10.5. The normalized spacial score (nSPS) is 19.2. The number of hydrogen-bond donors (Lipinski definition) is 4. The van der Waals surface area contributed by atoms with Crippen molar-refractivity contribution in [1.82, 2.24) is 33.9 Å². The number of imidazole rings is 1. The fourth-order valence-electron chi connectivity index (χ4n) is 5.10. The Morgan fingerprint density at radius 2 is 1.75 bits per heavy atom. The number of halogens is 1. The number of anilines is 1. The number of esters is 1. The van der Waals surface area contributed by atoms with Gasteiger partial charge in [-0.3, -0.25) is 14.2 Å². The van der Waals surface area contributed by atoms with E-state index in [2.05, 4.69) is 52.3 Å². The molecule has 0 bridgehead atoms. The number of aromatic hydroxyl groups is 1. The molecule has 48 heavy (non-hydrogen) atoms. The maximum absolute atomic E-state index is 15.8. The van der Waals surface area contributed by atoms with Crippen LogP contribution >= 0.6 is 0 Å². The van der Waals surface area contributed by atoms with Crippen molar-refractivity contribution in [1.29, 1.82) is 0 Å². The van der Waals surface area contributed by atoms with Crippen molar-refractivity contribution in [2.45, 2.75) is 90.8 Å². The van der Waals surface area contributed by atoms with Crippen LogP contribution in [0.4, 0.5) is 10.2 Å². The number of alkyl halides is 1. The summed E-state index contributed by atoms with van der Waals surface area (Å²) in [6.07, 6.45) is 0.798. The number of carbonyl (C=O) groups excluding carboxylic acids is 2. The number of benzene rings is 1. The summed E-state index contributed by atoms with van der Waals surface area (Å²) in [5, 5.41) is 9.83. The topological polar surface area (TPSA) is 204 Å². The molecule has 1 aliphatic rings. The predicted octanol–water partition coefficient (Wildman–Crippen LogP) is 3.23. The van der Waals surface area contributed by atoms with Crippen molar-refractivity contribution < 1.29 is 37.0 Å². The quantitative estimate of drug-likeness (QED) is 0.126. The highest BCUT2D eigenvalue weighted by molar-refractivity contribution is 7.88. The second-order valence-corrected chi connectivity index (χ2v) is 12.6. The fraction of sp³-hybridized carbons (Fsp3) is 0.581. The van der Waals surface area contributed by atoms with Gasteiger partial charge in [-0.2, -0.15) is 13.1 Å². The van der Waals surface area contributed by atoms with Gasteiger partial charge in [0, 0.05) is 13.0 Å². The molecule has 3 heterocycles. The third-order valence-corrected chi connectivity index (χ3v) is 8.87. The highest BCUT2D eigenvalue weighted by atomic mass is 32.2. The Hall–Kier alpha value is -3.93. The minimum absolute atomic E-state index is 0.0600. The van der Waals surface area contributed by atoms with E-state index in [0.29, 0.717) is 6.42 Å². The first kappa shape index (κ1) is 38.5. The highest BCUT2D eigenvalue weighted by Crippen LogP contribution is 2.36. The van der Waals surface area contributed by atoms with Crippen molar-refractivity contribution in [3.63, 3.8) is 0 Å². The molecule has 5 N–H and O–H groups in total. The minimum Gasteiger partial charge on any atom is -0.507 e. The summed E-state index contributed by atoms with van der Waals surface area (Å²) in [5.74, 6) is -2.09. The van der Waals surface area contributed by atoms with Crippen molar-refractivity contribution in [2.24, 2.45) is 0 Å². The van der Waals surface area contributed by atoms with E-state index < -0.39 is 59.0 Å². The van der Waals surface area contributed by atoms with Gasteiger partial charge in [-0.1, -0.05) is 65.5 Å². The third-order valence-electron chi connectivity index (χ3n) is 7.87. The fourth-order valence-corrected chi connectivity index (χ4v) is 5.91. The number of nitrogen functional groups attached to an aromatic ring is 1. The molecule has 1 fully saturated rings. The monoisotopic (exact) mass is 694 g/mol. The molecule has 0 radical (unpaired) electrons. The summed E-state index contributed by atoms with van der Waals surface area (Å²) in [6, 6.07) is 5.38. The van der Waals surface area contributed by atoms with E-state index in [-0.39, 0.29) is 29.0 Å². The Kier molecular flexibility index (Phi) is 14.9. The lowest BCUT2D eigenvalue weighted by Crippen LogP contribution is -2.46. The lowest BCUT2D eigenvalue weighted by molar-refractivity contribution is -0.153. The Morgan fingerprint density at radius 1 is 1.06 bits per heavy atom. The lowest BCUT2D eigenvalue weighted by Gasteiger charge is -2.20. The van der Waals surface area contributed by atoms with Crippen LogP contribution in [0.25, 0.3) is 11.2 Å². The molecule has 17 heteroatoms. The largest absolute Gasteiger partial charge is 0.507 e. The molecule has 3 aromatic rings. The SMILES string of the molecule is CCCCCCCC(=O)O[C@H]1[C@@H](F)[C@H](n2cnc3c(N)ncnc32)O[C@@H]1CNS(=O)(=O)NC(=O)c1ccccc1O.CCN(CC)CC. The highest BCUT2D eigenvalue weighted by Gasteiger charge is 2.49. The van der Waals surface area contributed by atoms with Gasteiger partial charge < -0.3 is 25.2 Å². The number of aromatic nitrogens is 4. The molecule has 1 saturated heterocycles. The van der Waals surface area contributed by atoms with Crippen molar-refractivity contribution in [3.8, 4) is 5.75 Å². The van der Waals surface area contributed by atoms with Crippen LogP contribution in [-0.2, 0) is 24.5 Å². The Labute approximate surface area is 280 Å². The summed E-state index contributed by atoms with van der Waals surface area (Å²) in [4.78, 5) is 39.4. The van der Waals surface area contributed by atoms with E-state index in [4.69, 9.17) is 15.2 Å². The summed E-state index contributed by atoms with van der Waals surface area (Å²) >= 11 is 0. The van der Waals surface area contributed by atoms with Gasteiger partial charge in [0.15, 0.2) is 30.0 Å². The molecule has 0 spiro atoms. The summed E-state index contributed by atoms with van der Waals surface area (Å²) in [6.45, 7) is 11.6. The number of nitrogens with two attached hydrogens (primary N) is 1. The molecule has 266 valence electrons. The Balaban J connectivity index is 0.000000804. The molecule has 0 aliphatic carbocycles. The number of ether oxygens (including phenoxy) is 2. The van der Waals surface area contributed by atoms with Crippen LogP contribution in [0.5, 0.6) is 5.75 Å². The number of fused-ring (bicyclic) bond motifs is 1. The number of nitrogens with zero attached hydrogens (tertiary/aromatic N) is 5. The molecule has 0 unspecified atom stereocenters. The number of hydrogen-bond acceptors (Lipinski definition) is 12. The average Bonchev–Trinajstić information content (AvgIpc) is 3.62. The zero-order chi connectivity index (χ0) is 35.3. The maximum atomic E-state index is 15.8. The molecule has 1 amide bonds. The number of nitrogens with one attached hydrogen (secondary N) is 2. The molecule has 4 atom stereocenters. The van der Waals surface area contributed by atoms with Crippen molar-refractivity contribution in [2.75, 3.05) is 31.9 Å². The zero-order valence-electron chi connectivity index (χ0n) is 27.8. The van der Waals surface area contributed by atoms with Gasteiger partial charge in [0.2, 0.25) is 0 Å². The van der Waals surface area contributed by atoms with Crippen LogP contribution in [0, 0.1) is 0 Å². The molecule has 1 aromatic carbocycles. The van der Waals surface area contributed by atoms with Gasteiger partial charge in [-0.05, 0) is 38.2 Å². The smallest absolute Gasteiger partial charge is 0.306 e. The van der Waals surface area contributed by atoms with Gasteiger partial charge in [0.05, 0.1) is 11.9 Å². The molecule has 0 saturated carbocycles. The molecule has 15 nitrogen and oxygen atoms in total. The first-order chi connectivity index (χ1) is 23.0. The number of rotatable bonds is 16. The number of amides is 1. The number of carbonyl (C=O) groups is 2. The van der Waals surface area contributed by atoms with Crippen molar-refractivity contribution in [3.05, 3.63) is 42.5 Å². The molecular weight excluding hydrogens is 647 g/mol. The van der Waals surface area contributed by atoms with Gasteiger partial charge in [0.25, 0.3) is 5.91 Å². The van der Waals surface area contributed by atoms with E-state index in [1.54, 1.807) is 4.72 Å². The van der Waals surface area contributed by atoms with Crippen LogP contribution in [0.15, 0.2) is 36.9 Å². The minimum atomic E-state index is -4.50. The summed E-state index contributed by atoms with van der Waals surface area (Å²) < 4.78 is 57.5. The number of unbranched alkanes of at least 4 members (excludes halogenated alkanes) is 4. The molecule has 1 aliphatic heterocycles. The van der Waals surface area contributed by atoms with Crippen molar-refractivity contribution >= 4 is 39.1 Å². The van der Waals surface area contributed by atoms with E-state index in [0.717, 1.165) is 25.7 Å². The van der Waals surface area contributed by atoms with Crippen LogP contribution in [0.3, 0.4) is 0 Å². The van der Waals surface area contributed by atoms with Crippen LogP contribution in [0.1, 0.15) is 82.8 Å². The van der Waals surface area contributed by atoms with Gasteiger partial charge in [-0.15, -0.1) is 0 Å². The molecule has 2 aromatic heterocycles. The first-order valence-corrected chi connectivity index (χ1v) is 17.7. The summed E-state index contributed by atoms with van der Waals surface area (Å²) in [5.41, 5.74) is 5.94. The second kappa shape index (κ2) is 18.6. The van der Waals surface area contributed by atoms with E-state index in [1.807, 2.05) is 0 Å². The average molecular weight is 695 g/mol. The van der Waals surface area contributed by atoms with E-state index in [1.165, 1.54) is 61.1 Å². The standard InChI is InChI=1S/C25H32FN7O7S.C6H15N/c1-2-3-4-5-6-11-18(35)40-21-17(12-31-41(37,38)32-24(36)15-9-7-8-10-16(15)34)39-25(19(21)26)33-14-30-20-22(27)28-13-29-23(20)33;1-4-7(5-2)6-3/h7-10,13-14,17,19,21,25,31,34H,2-6,11-12H2,1H3,(H,32,36)(H2,27,28,29);4-6H2,1-3H3/t17-,19-,21-,25-;/m1./s1. The lowest BCUT2D eigenvalue weighted by atomic mass is 10.1. The maximum Gasteiger partial charge on any atom is 0.306 e. The predicted molar refractivity (Wildman–Crippen MR) is 178 cm³/mol. The Morgan fingerprint density at radius 3 is 2.40 bits per heavy atom. The summed E-state index contributed by atoms with van der Waals surface area (Å²) in [7, 11) is -4.50. The van der Waals surface area contributed by atoms with Gasteiger partial charge >= 0.3 is 16.2 Å². The zero-order valence-corrected chi connectivity index (χ0v) is 28.7. The molecular formula is C31H47FN8O7S.